The van der Waals surface area contributed by atoms with Crippen LogP contribution in [0.2, 0.25) is 5.02 Å². The molecule has 1 aromatic heterocycles. The highest BCUT2D eigenvalue weighted by Crippen LogP contribution is 2.30. The van der Waals surface area contributed by atoms with Gasteiger partial charge in [-0.3, -0.25) is 9.88 Å². The van der Waals surface area contributed by atoms with Crippen molar-refractivity contribution >= 4 is 17.3 Å². The van der Waals surface area contributed by atoms with E-state index in [-0.39, 0.29) is 0 Å². The maximum Gasteiger partial charge on any atom is 0.0562 e. The van der Waals surface area contributed by atoms with Crippen LogP contribution in [0.3, 0.4) is 0 Å². The molecule has 5 rings (SSSR count). The van der Waals surface area contributed by atoms with Gasteiger partial charge in [-0.15, -0.1) is 0 Å². The van der Waals surface area contributed by atoms with Crippen LogP contribution in [0.4, 0.5) is 5.69 Å². The lowest BCUT2D eigenvalue weighted by molar-refractivity contribution is 0.110. The summed E-state index contributed by atoms with van der Waals surface area (Å²) in [4.78, 5) is 9.40. The summed E-state index contributed by atoms with van der Waals surface area (Å²) in [6.07, 6.45) is 3.88. The number of piperazine rings is 2. The van der Waals surface area contributed by atoms with E-state index in [0.29, 0.717) is 6.04 Å². The minimum Gasteiger partial charge on any atom is -0.363 e. The Kier molecular flexibility index (Phi) is 2.90. The number of hydrogen-bond acceptors (Lipinski definition) is 3. The van der Waals surface area contributed by atoms with Crippen LogP contribution >= 0.6 is 11.6 Å². The van der Waals surface area contributed by atoms with E-state index in [0.717, 1.165) is 29.2 Å². The molecule has 2 aromatic rings. The minimum absolute atomic E-state index is 0.667. The van der Waals surface area contributed by atoms with E-state index in [2.05, 4.69) is 26.9 Å². The Morgan fingerprint density at radius 3 is 2.70 bits per heavy atom. The van der Waals surface area contributed by atoms with Crippen molar-refractivity contribution in [3.8, 4) is 11.1 Å². The van der Waals surface area contributed by atoms with Gasteiger partial charge in [-0.05, 0) is 23.8 Å². The minimum atomic E-state index is 0.667. The number of anilines is 1. The molecule has 0 aliphatic carbocycles. The second kappa shape index (κ2) is 4.76. The summed E-state index contributed by atoms with van der Waals surface area (Å²) in [6.45, 7) is 4.66. The van der Waals surface area contributed by atoms with Crippen LogP contribution in [0.5, 0.6) is 0 Å². The summed E-state index contributed by atoms with van der Waals surface area (Å²) in [7, 11) is 0. The SMILES string of the molecule is Clc1cccc(-c2cncc(N3CCN4CC3C4)c2)c1. The zero-order chi connectivity index (χ0) is 13.5. The van der Waals surface area contributed by atoms with Crippen molar-refractivity contribution in [2.75, 3.05) is 31.1 Å². The predicted octanol–water partition coefficient (Wildman–Crippen LogP) is 2.91. The number of rotatable bonds is 2. The van der Waals surface area contributed by atoms with Crippen LogP contribution < -0.4 is 4.90 Å². The fourth-order valence-corrected chi connectivity index (χ4v) is 3.30. The van der Waals surface area contributed by atoms with Crippen LogP contribution in [-0.2, 0) is 0 Å². The van der Waals surface area contributed by atoms with Crippen molar-refractivity contribution in [2.45, 2.75) is 6.04 Å². The first-order valence-corrected chi connectivity index (χ1v) is 7.37. The molecule has 3 nitrogen and oxygen atoms in total. The lowest BCUT2D eigenvalue weighted by Gasteiger charge is -2.52. The van der Waals surface area contributed by atoms with E-state index in [1.165, 1.54) is 18.8 Å². The van der Waals surface area contributed by atoms with Crippen molar-refractivity contribution in [1.82, 2.24) is 9.88 Å². The molecular weight excluding hydrogens is 270 g/mol. The number of halogens is 1. The summed E-state index contributed by atoms with van der Waals surface area (Å²) < 4.78 is 0. The second-order valence-electron chi connectivity index (χ2n) is 5.55. The first-order valence-electron chi connectivity index (χ1n) is 6.99. The number of fused-ring (bicyclic) bond motifs is 2. The van der Waals surface area contributed by atoms with Gasteiger partial charge in [0.2, 0.25) is 0 Å². The van der Waals surface area contributed by atoms with Gasteiger partial charge in [0.15, 0.2) is 0 Å². The molecule has 3 aliphatic rings. The molecule has 0 saturated carbocycles. The smallest absolute Gasteiger partial charge is 0.0562 e. The molecule has 3 fully saturated rings. The van der Waals surface area contributed by atoms with Crippen LogP contribution in [0.25, 0.3) is 11.1 Å². The molecule has 102 valence electrons. The molecule has 3 saturated heterocycles. The highest BCUT2D eigenvalue weighted by atomic mass is 35.5. The molecule has 3 aliphatic heterocycles. The van der Waals surface area contributed by atoms with Crippen molar-refractivity contribution < 1.29 is 0 Å². The fourth-order valence-electron chi connectivity index (χ4n) is 3.10. The highest BCUT2D eigenvalue weighted by molar-refractivity contribution is 6.30. The largest absolute Gasteiger partial charge is 0.363 e. The van der Waals surface area contributed by atoms with E-state index in [4.69, 9.17) is 11.6 Å². The Morgan fingerprint density at radius 2 is 1.95 bits per heavy atom. The Morgan fingerprint density at radius 1 is 1.05 bits per heavy atom. The summed E-state index contributed by atoms with van der Waals surface area (Å²) in [5, 5.41) is 0.764. The Labute approximate surface area is 123 Å². The third-order valence-corrected chi connectivity index (χ3v) is 4.48. The van der Waals surface area contributed by atoms with Gasteiger partial charge in [0, 0.05) is 43.0 Å². The van der Waals surface area contributed by atoms with Crippen molar-refractivity contribution in [3.63, 3.8) is 0 Å². The molecule has 2 bridgehead atoms. The monoisotopic (exact) mass is 285 g/mol. The van der Waals surface area contributed by atoms with Crippen molar-refractivity contribution in [1.29, 1.82) is 0 Å². The fraction of sp³-hybridized carbons (Fsp3) is 0.312. The number of aromatic nitrogens is 1. The molecule has 0 radical (unpaired) electrons. The van der Waals surface area contributed by atoms with E-state index in [1.807, 2.05) is 30.6 Å². The zero-order valence-electron chi connectivity index (χ0n) is 11.2. The van der Waals surface area contributed by atoms with Gasteiger partial charge in [0.05, 0.1) is 17.9 Å². The Hall–Kier alpha value is -1.58. The molecule has 0 unspecified atom stereocenters. The molecule has 0 N–H and O–H groups in total. The molecular formula is C16H16ClN3. The normalized spacial score (nSPS) is 24.4. The molecule has 0 spiro atoms. The lowest BCUT2D eigenvalue weighted by Crippen LogP contribution is -2.66. The Balaban J connectivity index is 1.67. The topological polar surface area (TPSA) is 19.4 Å². The van der Waals surface area contributed by atoms with Gasteiger partial charge in [-0.1, -0.05) is 23.7 Å². The van der Waals surface area contributed by atoms with Crippen molar-refractivity contribution in [3.05, 3.63) is 47.7 Å². The van der Waals surface area contributed by atoms with Gasteiger partial charge in [-0.25, -0.2) is 0 Å². The number of benzene rings is 1. The second-order valence-corrected chi connectivity index (χ2v) is 5.99. The van der Waals surface area contributed by atoms with Crippen LogP contribution in [-0.4, -0.2) is 42.1 Å². The number of hydrogen-bond donors (Lipinski definition) is 0. The van der Waals surface area contributed by atoms with Crippen LogP contribution in [0.1, 0.15) is 0 Å². The Bertz CT molecular complexity index is 634. The average Bonchev–Trinajstić information content (AvgIpc) is 2.47. The summed E-state index contributed by atoms with van der Waals surface area (Å²) in [5.41, 5.74) is 3.48. The average molecular weight is 286 g/mol. The molecule has 0 atom stereocenters. The van der Waals surface area contributed by atoms with Crippen LogP contribution in [0, 0.1) is 0 Å². The number of nitrogens with zero attached hydrogens (tertiary/aromatic N) is 3. The van der Waals surface area contributed by atoms with Gasteiger partial charge in [0.1, 0.15) is 0 Å². The van der Waals surface area contributed by atoms with Gasteiger partial charge < -0.3 is 4.90 Å². The van der Waals surface area contributed by atoms with Crippen LogP contribution in [0.15, 0.2) is 42.7 Å². The van der Waals surface area contributed by atoms with E-state index in [9.17, 15) is 0 Å². The molecule has 4 heterocycles. The standard InChI is InChI=1S/C16H16ClN3/c17-14-3-1-2-12(6-14)13-7-15(9-18-8-13)20-5-4-19-10-16(20)11-19/h1-3,6-9,16H,4-5,10-11H2. The molecule has 1 aromatic carbocycles. The third-order valence-electron chi connectivity index (χ3n) is 4.25. The lowest BCUT2D eigenvalue weighted by atomic mass is 10.0. The molecule has 4 heteroatoms. The zero-order valence-corrected chi connectivity index (χ0v) is 11.9. The summed E-state index contributed by atoms with van der Waals surface area (Å²) >= 11 is 6.08. The molecule has 0 amide bonds. The maximum absolute atomic E-state index is 6.08. The first-order chi connectivity index (χ1) is 9.79. The van der Waals surface area contributed by atoms with Gasteiger partial charge >= 0.3 is 0 Å². The third kappa shape index (κ3) is 2.07. The summed E-state index contributed by atoms with van der Waals surface area (Å²) in [6, 6.07) is 10.8. The van der Waals surface area contributed by atoms with E-state index in [1.54, 1.807) is 0 Å². The van der Waals surface area contributed by atoms with Gasteiger partial charge in [0.25, 0.3) is 0 Å². The quantitative estimate of drug-likeness (QED) is 0.846. The maximum atomic E-state index is 6.08. The first kappa shape index (κ1) is 12.2. The molecule has 20 heavy (non-hydrogen) atoms. The van der Waals surface area contributed by atoms with Crippen molar-refractivity contribution in [2.24, 2.45) is 0 Å². The number of pyridine rings is 1. The highest BCUT2D eigenvalue weighted by Gasteiger charge is 2.36. The van der Waals surface area contributed by atoms with E-state index >= 15 is 0 Å². The predicted molar refractivity (Wildman–Crippen MR) is 82.3 cm³/mol. The van der Waals surface area contributed by atoms with Gasteiger partial charge in [-0.2, -0.15) is 0 Å². The summed E-state index contributed by atoms with van der Waals surface area (Å²) in [5.74, 6) is 0. The van der Waals surface area contributed by atoms with E-state index < -0.39 is 0 Å².